The summed E-state index contributed by atoms with van der Waals surface area (Å²) in [7, 11) is 0. The van der Waals surface area contributed by atoms with Gasteiger partial charge in [-0.1, -0.05) is 30.3 Å². The molecule has 0 unspecified atom stereocenters. The second kappa shape index (κ2) is 9.34. The molecule has 0 atom stereocenters. The van der Waals surface area contributed by atoms with Crippen LogP contribution in [0.15, 0.2) is 60.7 Å². The topological polar surface area (TPSA) is 70.2 Å². The number of hydrogen-bond donors (Lipinski definition) is 3. The number of amides is 2. The van der Waals surface area contributed by atoms with Gasteiger partial charge < -0.3 is 10.6 Å². The maximum absolute atomic E-state index is 11.9. The van der Waals surface area contributed by atoms with E-state index in [1.165, 1.54) is 6.08 Å². The van der Waals surface area contributed by atoms with Crippen LogP contribution < -0.4 is 16.0 Å². The van der Waals surface area contributed by atoms with Gasteiger partial charge in [-0.2, -0.15) is 0 Å². The van der Waals surface area contributed by atoms with Crippen molar-refractivity contribution in [3.63, 3.8) is 0 Å². The van der Waals surface area contributed by atoms with Gasteiger partial charge in [0.15, 0.2) is 5.11 Å². The van der Waals surface area contributed by atoms with Crippen LogP contribution in [0.4, 0.5) is 5.69 Å². The molecule has 0 fully saturated rings. The molecule has 0 heterocycles. The zero-order valence-corrected chi connectivity index (χ0v) is 14.6. The first-order valence-electron chi connectivity index (χ1n) is 7.82. The van der Waals surface area contributed by atoms with E-state index < -0.39 is 0 Å². The summed E-state index contributed by atoms with van der Waals surface area (Å²) in [6.07, 6.45) is 3.13. The Morgan fingerprint density at radius 2 is 1.72 bits per heavy atom. The Morgan fingerprint density at radius 3 is 2.36 bits per heavy atom. The summed E-state index contributed by atoms with van der Waals surface area (Å²) in [4.78, 5) is 23.5. The zero-order chi connectivity index (χ0) is 18.1. The van der Waals surface area contributed by atoms with Gasteiger partial charge in [-0.3, -0.25) is 14.9 Å². The first-order valence-corrected chi connectivity index (χ1v) is 8.22. The van der Waals surface area contributed by atoms with E-state index in [0.717, 1.165) is 5.56 Å². The number of carbonyl (C=O) groups excluding carboxylic acids is 2. The number of carbonyl (C=O) groups is 2. The van der Waals surface area contributed by atoms with E-state index in [-0.39, 0.29) is 16.9 Å². The Morgan fingerprint density at radius 1 is 1.04 bits per heavy atom. The van der Waals surface area contributed by atoms with E-state index in [4.69, 9.17) is 12.2 Å². The van der Waals surface area contributed by atoms with Crippen molar-refractivity contribution in [3.8, 4) is 0 Å². The lowest BCUT2D eigenvalue weighted by Gasteiger charge is -2.09. The molecule has 0 aliphatic carbocycles. The molecule has 6 heteroatoms. The van der Waals surface area contributed by atoms with Crippen molar-refractivity contribution < 1.29 is 9.59 Å². The third kappa shape index (κ3) is 6.19. The second-order valence-electron chi connectivity index (χ2n) is 5.12. The molecule has 0 spiro atoms. The fourth-order valence-electron chi connectivity index (χ4n) is 2.02. The minimum atomic E-state index is -0.319. The van der Waals surface area contributed by atoms with Gasteiger partial charge in [0.25, 0.3) is 5.91 Å². The molecule has 0 aromatic heterocycles. The average molecular weight is 353 g/mol. The molecular formula is C19H19N3O2S. The summed E-state index contributed by atoms with van der Waals surface area (Å²) in [5.74, 6) is -0.448. The second-order valence-corrected chi connectivity index (χ2v) is 5.53. The number of benzene rings is 2. The van der Waals surface area contributed by atoms with Gasteiger partial charge in [-0.15, -0.1) is 0 Å². The van der Waals surface area contributed by atoms with E-state index in [1.54, 1.807) is 30.3 Å². The number of rotatable bonds is 5. The zero-order valence-electron chi connectivity index (χ0n) is 13.8. The van der Waals surface area contributed by atoms with Crippen molar-refractivity contribution in [2.24, 2.45) is 0 Å². The van der Waals surface area contributed by atoms with Crippen LogP contribution in [-0.2, 0) is 4.79 Å². The van der Waals surface area contributed by atoms with E-state index >= 15 is 0 Å². The van der Waals surface area contributed by atoms with Crippen molar-refractivity contribution in [1.82, 2.24) is 10.6 Å². The lowest BCUT2D eigenvalue weighted by atomic mass is 10.2. The highest BCUT2D eigenvalue weighted by atomic mass is 32.1. The molecule has 2 amide bonds. The molecule has 2 aromatic carbocycles. The van der Waals surface area contributed by atoms with Gasteiger partial charge in [0, 0.05) is 23.9 Å². The smallest absolute Gasteiger partial charge is 0.251 e. The highest BCUT2D eigenvalue weighted by Crippen LogP contribution is 2.09. The van der Waals surface area contributed by atoms with Crippen LogP contribution in [0.2, 0.25) is 0 Å². The highest BCUT2D eigenvalue weighted by Gasteiger charge is 2.05. The molecule has 0 bridgehead atoms. The lowest BCUT2D eigenvalue weighted by molar-refractivity contribution is -0.115. The quantitative estimate of drug-likeness (QED) is 0.571. The molecule has 0 radical (unpaired) electrons. The molecule has 0 saturated heterocycles. The Labute approximate surface area is 152 Å². The molecule has 0 saturated carbocycles. The lowest BCUT2D eigenvalue weighted by Crippen LogP contribution is -2.32. The number of anilines is 1. The standard InChI is InChI=1S/C19H19N3O2S/c1-2-20-18(24)15-9-11-16(12-10-15)21-19(25)22-17(23)13-8-14-6-4-3-5-7-14/h3-13H,2H2,1H3,(H,20,24)(H2,21,22,23,25)/b13-8+. The maximum atomic E-state index is 11.9. The third-order valence-electron chi connectivity index (χ3n) is 3.21. The molecule has 25 heavy (non-hydrogen) atoms. The first kappa shape index (κ1) is 18.4. The SMILES string of the molecule is CCNC(=O)c1ccc(NC(=S)NC(=O)/C=C/c2ccccc2)cc1. The Balaban J connectivity index is 1.86. The van der Waals surface area contributed by atoms with Crippen molar-refractivity contribution >= 4 is 40.9 Å². The number of thiocarbonyl (C=S) groups is 1. The fraction of sp³-hybridized carbons (Fsp3) is 0.105. The molecule has 3 N–H and O–H groups in total. The molecule has 128 valence electrons. The van der Waals surface area contributed by atoms with Gasteiger partial charge >= 0.3 is 0 Å². The normalized spacial score (nSPS) is 10.3. The molecule has 2 aromatic rings. The predicted molar refractivity (Wildman–Crippen MR) is 104 cm³/mol. The summed E-state index contributed by atoms with van der Waals surface area (Å²) in [5.41, 5.74) is 2.18. The van der Waals surface area contributed by atoms with E-state index in [0.29, 0.717) is 17.8 Å². The minimum absolute atomic E-state index is 0.129. The Kier molecular flexibility index (Phi) is 6.86. The molecule has 0 aliphatic rings. The third-order valence-corrected chi connectivity index (χ3v) is 3.41. The van der Waals surface area contributed by atoms with Crippen LogP contribution in [0.1, 0.15) is 22.8 Å². The van der Waals surface area contributed by atoms with Crippen LogP contribution in [0.25, 0.3) is 6.08 Å². The van der Waals surface area contributed by atoms with Crippen LogP contribution in [0, 0.1) is 0 Å². The van der Waals surface area contributed by atoms with E-state index in [1.807, 2.05) is 37.3 Å². The highest BCUT2D eigenvalue weighted by molar-refractivity contribution is 7.80. The van der Waals surface area contributed by atoms with Gasteiger partial charge in [0.2, 0.25) is 5.91 Å². The fourth-order valence-corrected chi connectivity index (χ4v) is 2.24. The first-order chi connectivity index (χ1) is 12.1. The van der Waals surface area contributed by atoms with Crippen LogP contribution in [0.5, 0.6) is 0 Å². The maximum Gasteiger partial charge on any atom is 0.251 e. The summed E-state index contributed by atoms with van der Waals surface area (Å²) < 4.78 is 0. The summed E-state index contributed by atoms with van der Waals surface area (Å²) in [6, 6.07) is 16.3. The van der Waals surface area contributed by atoms with Crippen molar-refractivity contribution in [1.29, 1.82) is 0 Å². The number of hydrogen-bond acceptors (Lipinski definition) is 3. The predicted octanol–water partition coefficient (Wildman–Crippen LogP) is 2.96. The molecule has 0 aliphatic heterocycles. The van der Waals surface area contributed by atoms with Gasteiger partial charge in [0.1, 0.15) is 0 Å². The average Bonchev–Trinajstić information content (AvgIpc) is 2.61. The molecular weight excluding hydrogens is 334 g/mol. The van der Waals surface area contributed by atoms with E-state index in [2.05, 4.69) is 16.0 Å². The van der Waals surface area contributed by atoms with E-state index in [9.17, 15) is 9.59 Å². The minimum Gasteiger partial charge on any atom is -0.352 e. The van der Waals surface area contributed by atoms with Crippen LogP contribution in [0.3, 0.4) is 0 Å². The van der Waals surface area contributed by atoms with Crippen molar-refractivity contribution in [2.45, 2.75) is 6.92 Å². The summed E-state index contributed by atoms with van der Waals surface area (Å²) in [6.45, 7) is 2.44. The van der Waals surface area contributed by atoms with Gasteiger partial charge in [-0.05, 0) is 55.0 Å². The monoisotopic (exact) mass is 353 g/mol. The largest absolute Gasteiger partial charge is 0.352 e. The summed E-state index contributed by atoms with van der Waals surface area (Å²) >= 11 is 5.11. The van der Waals surface area contributed by atoms with Crippen LogP contribution in [-0.4, -0.2) is 23.5 Å². The van der Waals surface area contributed by atoms with Crippen molar-refractivity contribution in [2.75, 3.05) is 11.9 Å². The van der Waals surface area contributed by atoms with Crippen molar-refractivity contribution in [3.05, 3.63) is 71.8 Å². The van der Waals surface area contributed by atoms with Gasteiger partial charge in [-0.25, -0.2) is 0 Å². The molecule has 2 rings (SSSR count). The summed E-state index contributed by atoms with van der Waals surface area (Å²) in [5, 5.41) is 8.39. The Hall–Kier alpha value is -2.99. The molecule has 5 nitrogen and oxygen atoms in total. The number of nitrogens with one attached hydrogen (secondary N) is 3. The van der Waals surface area contributed by atoms with Gasteiger partial charge in [0.05, 0.1) is 0 Å². The van der Waals surface area contributed by atoms with Crippen LogP contribution >= 0.6 is 12.2 Å². The Bertz CT molecular complexity index is 771.